The quantitative estimate of drug-likeness (QED) is 0.766. The van der Waals surface area contributed by atoms with Gasteiger partial charge in [-0.25, -0.2) is 0 Å². The fraction of sp³-hybridized carbons (Fsp3) is 0.435. The van der Waals surface area contributed by atoms with Crippen molar-refractivity contribution in [2.45, 2.75) is 50.1 Å². The van der Waals surface area contributed by atoms with E-state index in [-0.39, 0.29) is 18.4 Å². The Morgan fingerprint density at radius 1 is 1.17 bits per heavy atom. The van der Waals surface area contributed by atoms with Gasteiger partial charge in [0.05, 0.1) is 31.4 Å². The average molecular weight is 410 g/mol. The zero-order valence-corrected chi connectivity index (χ0v) is 17.1. The summed E-state index contributed by atoms with van der Waals surface area (Å²) in [6, 6.07) is 10.9. The number of nitrogens with one attached hydrogen (secondary N) is 1. The van der Waals surface area contributed by atoms with Crippen LogP contribution in [0, 0.1) is 0 Å². The van der Waals surface area contributed by atoms with Crippen LogP contribution >= 0.6 is 0 Å². The molecule has 1 aliphatic carbocycles. The number of esters is 1. The van der Waals surface area contributed by atoms with Gasteiger partial charge in [0.15, 0.2) is 0 Å². The Kier molecular flexibility index (Phi) is 5.61. The SMILES string of the molecule is COC(=O)CNC(=O)[C@H]1c2ccccc2C(=O)N(Cc2ccco2)C12CCCCC2. The molecule has 30 heavy (non-hydrogen) atoms. The Morgan fingerprint density at radius 3 is 2.63 bits per heavy atom. The van der Waals surface area contributed by atoms with Crippen molar-refractivity contribution in [1.82, 2.24) is 10.2 Å². The first-order valence-electron chi connectivity index (χ1n) is 10.3. The number of carbonyl (C=O) groups excluding carboxylic acids is 3. The smallest absolute Gasteiger partial charge is 0.325 e. The summed E-state index contributed by atoms with van der Waals surface area (Å²) in [5, 5.41) is 2.73. The van der Waals surface area contributed by atoms with Crippen molar-refractivity contribution in [3.8, 4) is 0 Å². The van der Waals surface area contributed by atoms with Crippen LogP contribution in [0.25, 0.3) is 0 Å². The highest BCUT2D eigenvalue weighted by atomic mass is 16.5. The van der Waals surface area contributed by atoms with Gasteiger partial charge in [0.1, 0.15) is 12.3 Å². The van der Waals surface area contributed by atoms with Crippen molar-refractivity contribution in [3.05, 3.63) is 59.5 Å². The lowest BCUT2D eigenvalue weighted by Gasteiger charge is -2.53. The highest BCUT2D eigenvalue weighted by molar-refractivity contribution is 6.02. The molecule has 1 aromatic carbocycles. The van der Waals surface area contributed by atoms with Gasteiger partial charge in [0, 0.05) is 5.56 Å². The average Bonchev–Trinajstić information content (AvgIpc) is 3.29. The molecule has 7 heteroatoms. The van der Waals surface area contributed by atoms with Crippen LogP contribution in [0.15, 0.2) is 47.1 Å². The molecule has 158 valence electrons. The highest BCUT2D eigenvalue weighted by Crippen LogP contribution is 2.49. The van der Waals surface area contributed by atoms with Gasteiger partial charge in [-0.15, -0.1) is 0 Å². The molecule has 7 nitrogen and oxygen atoms in total. The van der Waals surface area contributed by atoms with E-state index in [9.17, 15) is 14.4 Å². The van der Waals surface area contributed by atoms with Crippen LogP contribution in [0.3, 0.4) is 0 Å². The third kappa shape index (κ3) is 3.49. The summed E-state index contributed by atoms with van der Waals surface area (Å²) in [4.78, 5) is 40.5. The lowest BCUT2D eigenvalue weighted by Crippen LogP contribution is -2.62. The first-order chi connectivity index (χ1) is 14.6. The van der Waals surface area contributed by atoms with Crippen LogP contribution < -0.4 is 5.32 Å². The van der Waals surface area contributed by atoms with Gasteiger partial charge in [-0.1, -0.05) is 37.5 Å². The van der Waals surface area contributed by atoms with Crippen LogP contribution in [-0.2, 0) is 20.9 Å². The molecule has 2 amide bonds. The molecule has 1 N–H and O–H groups in total. The maximum absolute atomic E-state index is 13.6. The Morgan fingerprint density at radius 2 is 1.93 bits per heavy atom. The molecule has 2 aromatic rings. The van der Waals surface area contributed by atoms with Crippen molar-refractivity contribution < 1.29 is 23.5 Å². The van der Waals surface area contributed by atoms with E-state index in [0.29, 0.717) is 17.9 Å². The molecular formula is C23H26N2O5. The predicted molar refractivity (Wildman–Crippen MR) is 109 cm³/mol. The molecule has 2 heterocycles. The van der Waals surface area contributed by atoms with Gasteiger partial charge in [0.25, 0.3) is 5.91 Å². The van der Waals surface area contributed by atoms with Crippen LogP contribution in [-0.4, -0.2) is 41.9 Å². The monoisotopic (exact) mass is 410 g/mol. The number of furan rings is 1. The fourth-order valence-corrected chi connectivity index (χ4v) is 4.97. The van der Waals surface area contributed by atoms with E-state index < -0.39 is 17.4 Å². The Bertz CT molecular complexity index is 931. The van der Waals surface area contributed by atoms with Gasteiger partial charge in [-0.3, -0.25) is 14.4 Å². The van der Waals surface area contributed by atoms with Gasteiger partial charge < -0.3 is 19.4 Å². The molecular weight excluding hydrogens is 384 g/mol. The van der Waals surface area contributed by atoms with E-state index in [4.69, 9.17) is 4.42 Å². The van der Waals surface area contributed by atoms with Gasteiger partial charge in [-0.2, -0.15) is 0 Å². The molecule has 1 atom stereocenters. The third-order valence-electron chi connectivity index (χ3n) is 6.33. The summed E-state index contributed by atoms with van der Waals surface area (Å²) in [7, 11) is 1.29. The number of methoxy groups -OCH3 is 1. The number of ether oxygens (including phenoxy) is 1. The minimum atomic E-state index is -0.656. The van der Waals surface area contributed by atoms with E-state index in [1.165, 1.54) is 7.11 Å². The van der Waals surface area contributed by atoms with Crippen LogP contribution in [0.1, 0.15) is 59.7 Å². The number of hydrogen-bond acceptors (Lipinski definition) is 5. The Labute approximate surface area is 175 Å². The van der Waals surface area contributed by atoms with Gasteiger partial charge in [-0.05, 0) is 36.6 Å². The number of benzene rings is 1. The zero-order chi connectivity index (χ0) is 21.1. The molecule has 1 aromatic heterocycles. The minimum Gasteiger partial charge on any atom is -0.468 e. The number of hydrogen-bond donors (Lipinski definition) is 1. The van der Waals surface area contributed by atoms with Crippen molar-refractivity contribution in [2.75, 3.05) is 13.7 Å². The summed E-state index contributed by atoms with van der Waals surface area (Å²) in [6.45, 7) is 0.108. The molecule has 1 saturated carbocycles. The molecule has 1 spiro atoms. The molecule has 0 unspecified atom stereocenters. The van der Waals surface area contributed by atoms with Crippen molar-refractivity contribution in [1.29, 1.82) is 0 Å². The number of nitrogens with zero attached hydrogens (tertiary/aromatic N) is 1. The first-order valence-corrected chi connectivity index (χ1v) is 10.3. The van der Waals surface area contributed by atoms with E-state index in [1.807, 2.05) is 29.2 Å². The van der Waals surface area contributed by atoms with E-state index in [2.05, 4.69) is 10.1 Å². The topological polar surface area (TPSA) is 88.8 Å². The fourth-order valence-electron chi connectivity index (χ4n) is 4.97. The maximum Gasteiger partial charge on any atom is 0.325 e. The lowest BCUT2D eigenvalue weighted by atomic mass is 9.65. The minimum absolute atomic E-state index is 0.0825. The summed E-state index contributed by atoms with van der Waals surface area (Å²) >= 11 is 0. The summed E-state index contributed by atoms with van der Waals surface area (Å²) < 4.78 is 10.2. The molecule has 4 rings (SSSR count). The summed E-state index contributed by atoms with van der Waals surface area (Å²) in [5.41, 5.74) is 0.595. The molecule has 2 aliphatic rings. The Hall–Kier alpha value is -3.09. The summed E-state index contributed by atoms with van der Waals surface area (Å²) in [6.07, 6.45) is 5.98. The van der Waals surface area contributed by atoms with Crippen LogP contribution in [0.5, 0.6) is 0 Å². The van der Waals surface area contributed by atoms with Crippen molar-refractivity contribution >= 4 is 17.8 Å². The predicted octanol–water partition coefficient (Wildman–Crippen LogP) is 3.01. The molecule has 0 saturated heterocycles. The largest absolute Gasteiger partial charge is 0.468 e. The van der Waals surface area contributed by atoms with Crippen molar-refractivity contribution in [2.24, 2.45) is 0 Å². The molecule has 0 bridgehead atoms. The number of fused-ring (bicyclic) bond motifs is 1. The van der Waals surface area contributed by atoms with Gasteiger partial charge >= 0.3 is 5.97 Å². The zero-order valence-electron chi connectivity index (χ0n) is 17.1. The molecule has 1 fully saturated rings. The van der Waals surface area contributed by atoms with E-state index in [1.54, 1.807) is 18.4 Å². The third-order valence-corrected chi connectivity index (χ3v) is 6.33. The summed E-state index contributed by atoms with van der Waals surface area (Å²) in [5.74, 6) is -0.728. The standard InChI is InChI=1S/C23H26N2O5/c1-29-19(26)14-24-21(27)20-17-9-3-4-10-18(17)22(28)25(15-16-8-7-13-30-16)23(20)11-5-2-6-12-23/h3-4,7-10,13,20H,2,5-6,11-12,14-15H2,1H3,(H,24,27)/t20-/m1/s1. The highest BCUT2D eigenvalue weighted by Gasteiger charge is 2.54. The second kappa shape index (κ2) is 8.34. The first kappa shape index (κ1) is 20.2. The molecule has 1 aliphatic heterocycles. The molecule has 0 radical (unpaired) electrons. The number of amides is 2. The van der Waals surface area contributed by atoms with Crippen molar-refractivity contribution in [3.63, 3.8) is 0 Å². The Balaban J connectivity index is 1.79. The van der Waals surface area contributed by atoms with Crippen LogP contribution in [0.2, 0.25) is 0 Å². The lowest BCUT2D eigenvalue weighted by molar-refractivity contribution is -0.142. The maximum atomic E-state index is 13.6. The van der Waals surface area contributed by atoms with Gasteiger partial charge in [0.2, 0.25) is 5.91 Å². The number of rotatable bonds is 5. The van der Waals surface area contributed by atoms with Crippen LogP contribution in [0.4, 0.5) is 0 Å². The van der Waals surface area contributed by atoms with E-state index >= 15 is 0 Å². The van der Waals surface area contributed by atoms with E-state index in [0.717, 1.165) is 37.7 Å². The second-order valence-electron chi connectivity index (χ2n) is 7.95. The second-order valence-corrected chi connectivity index (χ2v) is 7.95. The normalized spacial score (nSPS) is 20.0. The number of carbonyl (C=O) groups is 3.